The van der Waals surface area contributed by atoms with Crippen LogP contribution in [-0.4, -0.2) is 35.9 Å². The van der Waals surface area contributed by atoms with Gasteiger partial charge in [-0.15, -0.1) is 0 Å². The largest absolute Gasteiger partial charge is 0.452 e. The van der Waals surface area contributed by atoms with Crippen LogP contribution in [0.2, 0.25) is 0 Å². The van der Waals surface area contributed by atoms with E-state index in [2.05, 4.69) is 31.5 Å². The van der Waals surface area contributed by atoms with Gasteiger partial charge in [0.05, 0.1) is 29.0 Å². The van der Waals surface area contributed by atoms with Crippen molar-refractivity contribution in [3.63, 3.8) is 0 Å². The number of aromatic nitrogens is 1. The molecular formula is C22H20BrN3O4. The predicted octanol–water partition coefficient (Wildman–Crippen LogP) is 3.53. The number of amides is 2. The fourth-order valence-corrected chi connectivity index (χ4v) is 3.41. The smallest absolute Gasteiger partial charge is 0.340 e. The number of fused-ring (bicyclic) bond motifs is 1. The molecular weight excluding hydrogens is 450 g/mol. The lowest BCUT2D eigenvalue weighted by molar-refractivity contribution is -0.126. The lowest BCUT2D eigenvalue weighted by Gasteiger charge is -2.12. The van der Waals surface area contributed by atoms with Crippen LogP contribution in [0.25, 0.3) is 10.9 Å². The number of nitrogens with one attached hydrogen (secondary N) is 2. The highest BCUT2D eigenvalue weighted by atomic mass is 79.9. The minimum absolute atomic E-state index is 0.243. The number of pyridine rings is 1. The van der Waals surface area contributed by atoms with E-state index >= 15 is 0 Å². The first-order chi connectivity index (χ1) is 14.4. The number of halogens is 1. The molecule has 154 valence electrons. The van der Waals surface area contributed by atoms with Crippen LogP contribution < -0.4 is 10.6 Å². The van der Waals surface area contributed by atoms with Crippen LogP contribution in [0.1, 0.15) is 21.6 Å². The van der Waals surface area contributed by atoms with Gasteiger partial charge in [-0.25, -0.2) is 4.79 Å². The van der Waals surface area contributed by atoms with Gasteiger partial charge < -0.3 is 15.4 Å². The number of carbonyl (C=O) groups is 3. The van der Waals surface area contributed by atoms with Crippen LogP contribution in [0.3, 0.4) is 0 Å². The van der Waals surface area contributed by atoms with Crippen LogP contribution >= 0.6 is 15.9 Å². The zero-order valence-corrected chi connectivity index (χ0v) is 18.1. The Kier molecular flexibility index (Phi) is 6.79. The predicted molar refractivity (Wildman–Crippen MR) is 117 cm³/mol. The summed E-state index contributed by atoms with van der Waals surface area (Å²) in [4.78, 5) is 40.9. The maximum absolute atomic E-state index is 12.5. The van der Waals surface area contributed by atoms with E-state index in [4.69, 9.17) is 4.74 Å². The number of nitrogens with zero attached hydrogens (tertiary/aromatic N) is 1. The Balaban J connectivity index is 1.55. The first-order valence-electron chi connectivity index (χ1n) is 9.21. The van der Waals surface area contributed by atoms with Crippen molar-refractivity contribution in [2.45, 2.75) is 13.8 Å². The van der Waals surface area contributed by atoms with Gasteiger partial charge in [0.1, 0.15) is 0 Å². The number of anilines is 1. The Hall–Kier alpha value is -3.26. The second kappa shape index (κ2) is 9.49. The summed E-state index contributed by atoms with van der Waals surface area (Å²) in [6.45, 7) is 2.81. The Bertz CT molecular complexity index is 1130. The van der Waals surface area contributed by atoms with Gasteiger partial charge in [0.2, 0.25) is 5.91 Å². The lowest BCUT2D eigenvalue weighted by atomic mass is 10.0. The summed E-state index contributed by atoms with van der Waals surface area (Å²) in [7, 11) is 0. The van der Waals surface area contributed by atoms with Gasteiger partial charge >= 0.3 is 5.97 Å². The molecule has 8 heteroatoms. The molecule has 2 amide bonds. The van der Waals surface area contributed by atoms with Gasteiger partial charge in [-0.05, 0) is 53.5 Å². The third-order valence-corrected chi connectivity index (χ3v) is 5.16. The Labute approximate surface area is 182 Å². The highest BCUT2D eigenvalue weighted by Gasteiger charge is 2.19. The minimum Gasteiger partial charge on any atom is -0.452 e. The van der Waals surface area contributed by atoms with E-state index < -0.39 is 24.4 Å². The van der Waals surface area contributed by atoms with Gasteiger partial charge in [0.15, 0.2) is 6.61 Å². The first-order valence-corrected chi connectivity index (χ1v) is 10.00. The van der Waals surface area contributed by atoms with Crippen molar-refractivity contribution >= 4 is 50.3 Å². The summed E-state index contributed by atoms with van der Waals surface area (Å²) in [6.07, 6.45) is 0. The van der Waals surface area contributed by atoms with E-state index in [1.54, 1.807) is 25.1 Å². The molecule has 0 spiro atoms. The topological polar surface area (TPSA) is 97.4 Å². The number of carbonyl (C=O) groups excluding carboxylic acids is 3. The lowest BCUT2D eigenvalue weighted by Crippen LogP contribution is -2.35. The maximum atomic E-state index is 12.5. The minimum atomic E-state index is -0.629. The van der Waals surface area contributed by atoms with E-state index in [0.29, 0.717) is 16.9 Å². The molecule has 3 aromatic rings. The van der Waals surface area contributed by atoms with Crippen LogP contribution in [0.15, 0.2) is 53.0 Å². The SMILES string of the molecule is Cc1nc2ccccc2c(C)c1C(=O)OCC(=O)NCC(=O)Nc1ccccc1Br. The van der Waals surface area contributed by atoms with Crippen molar-refractivity contribution in [3.8, 4) is 0 Å². The summed E-state index contributed by atoms with van der Waals surface area (Å²) in [5.74, 6) is -1.60. The van der Waals surface area contributed by atoms with E-state index in [1.807, 2.05) is 37.3 Å². The average molecular weight is 470 g/mol. The molecule has 0 unspecified atom stereocenters. The molecule has 7 nitrogen and oxygen atoms in total. The number of ether oxygens (including phenoxy) is 1. The molecule has 1 heterocycles. The van der Waals surface area contributed by atoms with Gasteiger partial charge in [0.25, 0.3) is 5.91 Å². The molecule has 0 radical (unpaired) electrons. The van der Waals surface area contributed by atoms with Crippen molar-refractivity contribution in [1.29, 1.82) is 0 Å². The van der Waals surface area contributed by atoms with Crippen molar-refractivity contribution in [3.05, 3.63) is 69.8 Å². The third kappa shape index (κ3) is 5.01. The normalized spacial score (nSPS) is 10.5. The number of aryl methyl sites for hydroxylation is 2. The molecule has 0 fully saturated rings. The molecule has 0 aliphatic carbocycles. The highest BCUT2D eigenvalue weighted by molar-refractivity contribution is 9.10. The van der Waals surface area contributed by atoms with E-state index in [0.717, 1.165) is 20.9 Å². The molecule has 2 N–H and O–H groups in total. The Morgan fingerprint density at radius 3 is 2.47 bits per heavy atom. The summed E-state index contributed by atoms with van der Waals surface area (Å²) < 4.78 is 5.87. The Morgan fingerprint density at radius 1 is 1.00 bits per heavy atom. The number of hydrogen-bond acceptors (Lipinski definition) is 5. The molecule has 0 saturated heterocycles. The van der Waals surface area contributed by atoms with Crippen LogP contribution in [-0.2, 0) is 14.3 Å². The summed E-state index contributed by atoms with van der Waals surface area (Å²) in [5.41, 5.74) is 3.00. The number of hydrogen-bond donors (Lipinski definition) is 2. The molecule has 1 aromatic heterocycles. The molecule has 0 aliphatic rings. The average Bonchev–Trinajstić information content (AvgIpc) is 2.72. The first kappa shape index (κ1) is 21.4. The van der Waals surface area contributed by atoms with Crippen LogP contribution in [0.4, 0.5) is 5.69 Å². The molecule has 30 heavy (non-hydrogen) atoms. The van der Waals surface area contributed by atoms with Crippen molar-refractivity contribution in [2.75, 3.05) is 18.5 Å². The van der Waals surface area contributed by atoms with E-state index in [1.165, 1.54) is 0 Å². The van der Waals surface area contributed by atoms with Gasteiger partial charge in [-0.1, -0.05) is 30.3 Å². The third-order valence-electron chi connectivity index (χ3n) is 4.47. The summed E-state index contributed by atoms with van der Waals surface area (Å²) in [5, 5.41) is 5.95. The molecule has 3 rings (SSSR count). The number of rotatable bonds is 6. The standard InChI is InChI=1S/C22H20BrN3O4/c1-13-15-7-3-5-9-17(15)25-14(2)21(13)22(29)30-12-20(28)24-11-19(27)26-18-10-6-4-8-16(18)23/h3-10H,11-12H2,1-2H3,(H,24,28)(H,26,27). The highest BCUT2D eigenvalue weighted by Crippen LogP contribution is 2.23. The quantitative estimate of drug-likeness (QED) is 0.538. The Morgan fingerprint density at radius 2 is 1.70 bits per heavy atom. The fraction of sp³-hybridized carbons (Fsp3) is 0.182. The second-order valence-corrected chi connectivity index (χ2v) is 7.45. The monoisotopic (exact) mass is 469 g/mol. The van der Waals surface area contributed by atoms with Crippen molar-refractivity contribution in [1.82, 2.24) is 10.3 Å². The second-order valence-electron chi connectivity index (χ2n) is 6.60. The van der Waals surface area contributed by atoms with Crippen LogP contribution in [0, 0.1) is 13.8 Å². The van der Waals surface area contributed by atoms with E-state index in [9.17, 15) is 14.4 Å². The molecule has 0 aliphatic heterocycles. The maximum Gasteiger partial charge on any atom is 0.340 e. The summed E-state index contributed by atoms with van der Waals surface area (Å²) >= 11 is 3.33. The number of para-hydroxylation sites is 2. The number of benzene rings is 2. The van der Waals surface area contributed by atoms with E-state index in [-0.39, 0.29) is 6.54 Å². The van der Waals surface area contributed by atoms with Crippen molar-refractivity contribution < 1.29 is 19.1 Å². The number of esters is 1. The molecule has 2 aromatic carbocycles. The fourth-order valence-electron chi connectivity index (χ4n) is 3.02. The molecule has 0 bridgehead atoms. The molecule has 0 atom stereocenters. The van der Waals surface area contributed by atoms with Gasteiger partial charge in [-0.3, -0.25) is 14.6 Å². The molecule has 0 saturated carbocycles. The van der Waals surface area contributed by atoms with Crippen LogP contribution in [0.5, 0.6) is 0 Å². The summed E-state index contributed by atoms with van der Waals surface area (Å²) in [6, 6.07) is 14.6. The van der Waals surface area contributed by atoms with Gasteiger partial charge in [0, 0.05) is 9.86 Å². The zero-order chi connectivity index (χ0) is 21.7. The van der Waals surface area contributed by atoms with Gasteiger partial charge in [-0.2, -0.15) is 0 Å². The zero-order valence-electron chi connectivity index (χ0n) is 16.5. The van der Waals surface area contributed by atoms with Crippen molar-refractivity contribution in [2.24, 2.45) is 0 Å².